The Morgan fingerprint density at radius 2 is 2.38 bits per heavy atom. The highest BCUT2D eigenvalue weighted by atomic mass is 32.1. The lowest BCUT2D eigenvalue weighted by Gasteiger charge is -1.91. The topological polar surface area (TPSA) is 17.1 Å². The Morgan fingerprint density at radius 3 is 2.92 bits per heavy atom. The summed E-state index contributed by atoms with van der Waals surface area (Å²) < 4.78 is 0. The van der Waals surface area contributed by atoms with E-state index in [1.807, 2.05) is 11.5 Å². The highest BCUT2D eigenvalue weighted by Crippen LogP contribution is 2.23. The summed E-state index contributed by atoms with van der Waals surface area (Å²) in [6.07, 6.45) is 7.72. The van der Waals surface area contributed by atoms with E-state index in [-0.39, 0.29) is 0 Å². The number of carbonyl (C=O) groups excluding carboxylic acids is 1. The van der Waals surface area contributed by atoms with Gasteiger partial charge in [0, 0.05) is 21.4 Å². The molecule has 13 heavy (non-hydrogen) atoms. The van der Waals surface area contributed by atoms with Gasteiger partial charge in [0.2, 0.25) is 0 Å². The van der Waals surface area contributed by atoms with Crippen molar-refractivity contribution < 1.29 is 4.79 Å². The molecule has 0 unspecified atom stereocenters. The molecule has 0 aromatic carbocycles. The molecule has 0 amide bonds. The third-order valence-corrected chi connectivity index (χ3v) is 2.71. The second kappa shape index (κ2) is 4.77. The van der Waals surface area contributed by atoms with E-state index in [0.29, 0.717) is 0 Å². The van der Waals surface area contributed by atoms with Gasteiger partial charge >= 0.3 is 0 Å². The Kier molecular flexibility index (Phi) is 3.65. The molecular weight excluding hydrogens is 180 g/mol. The standard InChI is InChI=1S/C11H12OS/c1-3-5-6-11-10(4-2)9(7-12)8-13-11/h4-8H,2-3H2,1H3/b6-5-. The number of hydrogen-bond donors (Lipinski definition) is 0. The molecule has 0 spiro atoms. The Balaban J connectivity index is 3.07. The molecule has 0 atom stereocenters. The van der Waals surface area contributed by atoms with E-state index in [1.54, 1.807) is 17.4 Å². The van der Waals surface area contributed by atoms with Crippen LogP contribution in [0.2, 0.25) is 0 Å². The lowest BCUT2D eigenvalue weighted by atomic mass is 10.1. The van der Waals surface area contributed by atoms with Gasteiger partial charge in [0.25, 0.3) is 0 Å². The molecule has 1 aromatic heterocycles. The van der Waals surface area contributed by atoms with Gasteiger partial charge in [-0.25, -0.2) is 0 Å². The second-order valence-electron chi connectivity index (χ2n) is 2.60. The molecule has 0 fully saturated rings. The van der Waals surface area contributed by atoms with Gasteiger partial charge in [-0.15, -0.1) is 11.3 Å². The van der Waals surface area contributed by atoms with Gasteiger partial charge in [-0.05, 0) is 12.5 Å². The molecule has 0 aliphatic heterocycles. The third-order valence-electron chi connectivity index (χ3n) is 1.73. The van der Waals surface area contributed by atoms with Crippen LogP contribution in [0, 0.1) is 0 Å². The summed E-state index contributed by atoms with van der Waals surface area (Å²) in [5, 5.41) is 1.86. The summed E-state index contributed by atoms with van der Waals surface area (Å²) >= 11 is 1.58. The quantitative estimate of drug-likeness (QED) is 0.666. The largest absolute Gasteiger partial charge is 0.298 e. The van der Waals surface area contributed by atoms with Crippen molar-refractivity contribution in [2.45, 2.75) is 13.3 Å². The van der Waals surface area contributed by atoms with Gasteiger partial charge < -0.3 is 0 Å². The van der Waals surface area contributed by atoms with Crippen LogP contribution in [0.1, 0.15) is 34.1 Å². The van der Waals surface area contributed by atoms with Crippen molar-refractivity contribution in [3.8, 4) is 0 Å². The molecule has 0 saturated carbocycles. The number of hydrogen-bond acceptors (Lipinski definition) is 2. The average molecular weight is 192 g/mol. The van der Waals surface area contributed by atoms with Gasteiger partial charge in [0.1, 0.15) is 0 Å². The maximum absolute atomic E-state index is 10.6. The highest BCUT2D eigenvalue weighted by Gasteiger charge is 2.04. The molecule has 68 valence electrons. The van der Waals surface area contributed by atoms with E-state index in [1.165, 1.54) is 0 Å². The second-order valence-corrected chi connectivity index (χ2v) is 3.51. The minimum Gasteiger partial charge on any atom is -0.298 e. The first-order valence-electron chi connectivity index (χ1n) is 4.19. The molecule has 0 N–H and O–H groups in total. The fraction of sp³-hybridized carbons (Fsp3) is 0.182. The first kappa shape index (κ1) is 9.93. The summed E-state index contributed by atoms with van der Waals surface area (Å²) in [6, 6.07) is 0. The van der Waals surface area contributed by atoms with Crippen LogP contribution in [0.3, 0.4) is 0 Å². The SMILES string of the molecule is C=Cc1c(C=O)csc1/C=C\CC. The van der Waals surface area contributed by atoms with Crippen molar-refractivity contribution in [2.24, 2.45) is 0 Å². The fourth-order valence-corrected chi connectivity index (χ4v) is 2.00. The van der Waals surface area contributed by atoms with Crippen molar-refractivity contribution in [2.75, 3.05) is 0 Å². The smallest absolute Gasteiger partial charge is 0.151 e. The van der Waals surface area contributed by atoms with Gasteiger partial charge in [0.15, 0.2) is 6.29 Å². The third kappa shape index (κ3) is 2.16. The zero-order chi connectivity index (χ0) is 9.68. The minimum atomic E-state index is 0.732. The van der Waals surface area contributed by atoms with Crippen molar-refractivity contribution in [3.05, 3.63) is 34.0 Å². The van der Waals surface area contributed by atoms with Gasteiger partial charge in [-0.1, -0.05) is 25.7 Å². The van der Waals surface area contributed by atoms with Crippen LogP contribution in [-0.2, 0) is 0 Å². The Hall–Kier alpha value is -1.15. The normalized spacial score (nSPS) is 10.5. The van der Waals surface area contributed by atoms with Gasteiger partial charge in [-0.3, -0.25) is 4.79 Å². The number of thiophene rings is 1. The molecule has 1 heterocycles. The van der Waals surface area contributed by atoms with Crippen LogP contribution in [0.15, 0.2) is 18.0 Å². The van der Waals surface area contributed by atoms with Crippen LogP contribution in [0.5, 0.6) is 0 Å². The van der Waals surface area contributed by atoms with Crippen LogP contribution >= 0.6 is 11.3 Å². The summed E-state index contributed by atoms with van der Waals surface area (Å²) in [7, 11) is 0. The Morgan fingerprint density at radius 1 is 1.62 bits per heavy atom. The fourth-order valence-electron chi connectivity index (χ4n) is 1.06. The van der Waals surface area contributed by atoms with Crippen molar-refractivity contribution >= 4 is 29.8 Å². The number of carbonyl (C=O) groups is 1. The Labute approximate surface area is 82.4 Å². The van der Waals surface area contributed by atoms with Crippen LogP contribution in [0.4, 0.5) is 0 Å². The number of aldehydes is 1. The number of rotatable bonds is 4. The van der Waals surface area contributed by atoms with Crippen LogP contribution in [0.25, 0.3) is 12.2 Å². The van der Waals surface area contributed by atoms with Crippen LogP contribution in [-0.4, -0.2) is 6.29 Å². The lowest BCUT2D eigenvalue weighted by molar-refractivity contribution is 0.112. The van der Waals surface area contributed by atoms with E-state index < -0.39 is 0 Å². The monoisotopic (exact) mass is 192 g/mol. The number of allylic oxidation sites excluding steroid dienone is 1. The zero-order valence-electron chi connectivity index (χ0n) is 7.62. The van der Waals surface area contributed by atoms with E-state index in [4.69, 9.17) is 0 Å². The first-order valence-corrected chi connectivity index (χ1v) is 5.07. The summed E-state index contributed by atoms with van der Waals surface area (Å²) in [4.78, 5) is 11.7. The van der Waals surface area contributed by atoms with Crippen molar-refractivity contribution in [1.82, 2.24) is 0 Å². The molecule has 2 heteroatoms. The van der Waals surface area contributed by atoms with Crippen molar-refractivity contribution in [1.29, 1.82) is 0 Å². The predicted molar refractivity (Wildman–Crippen MR) is 59.1 cm³/mol. The van der Waals surface area contributed by atoms with Gasteiger partial charge in [0.05, 0.1) is 0 Å². The highest BCUT2D eigenvalue weighted by molar-refractivity contribution is 7.11. The maximum Gasteiger partial charge on any atom is 0.151 e. The maximum atomic E-state index is 10.6. The van der Waals surface area contributed by atoms with Gasteiger partial charge in [-0.2, -0.15) is 0 Å². The first-order chi connectivity index (χ1) is 6.33. The molecule has 1 nitrogen and oxygen atoms in total. The molecule has 0 aliphatic rings. The zero-order valence-corrected chi connectivity index (χ0v) is 8.43. The predicted octanol–water partition coefficient (Wildman–Crippen LogP) is 3.63. The summed E-state index contributed by atoms with van der Waals surface area (Å²) in [5.74, 6) is 0. The molecule has 1 rings (SSSR count). The van der Waals surface area contributed by atoms with E-state index >= 15 is 0 Å². The van der Waals surface area contributed by atoms with Crippen molar-refractivity contribution in [3.63, 3.8) is 0 Å². The lowest BCUT2D eigenvalue weighted by Crippen LogP contribution is -1.79. The molecule has 0 radical (unpaired) electrons. The Bertz CT molecular complexity index is 334. The molecule has 0 saturated heterocycles. The molecular formula is C11H12OS. The van der Waals surface area contributed by atoms with E-state index in [2.05, 4.69) is 19.6 Å². The average Bonchev–Trinajstić information content (AvgIpc) is 2.56. The molecule has 0 bridgehead atoms. The van der Waals surface area contributed by atoms with E-state index in [9.17, 15) is 4.79 Å². The molecule has 0 aliphatic carbocycles. The van der Waals surface area contributed by atoms with Crippen LogP contribution < -0.4 is 0 Å². The summed E-state index contributed by atoms with van der Waals surface area (Å²) in [5.41, 5.74) is 1.68. The molecule has 1 aromatic rings. The van der Waals surface area contributed by atoms with E-state index in [0.717, 1.165) is 28.7 Å². The minimum absolute atomic E-state index is 0.732. The summed E-state index contributed by atoms with van der Waals surface area (Å²) in [6.45, 7) is 5.78.